The van der Waals surface area contributed by atoms with Gasteiger partial charge in [0.05, 0.1) is 0 Å². The fourth-order valence-corrected chi connectivity index (χ4v) is 2.82. The van der Waals surface area contributed by atoms with E-state index in [9.17, 15) is 14.4 Å². The van der Waals surface area contributed by atoms with Crippen molar-refractivity contribution in [2.45, 2.75) is 38.1 Å². The van der Waals surface area contributed by atoms with Crippen LogP contribution in [0.25, 0.3) is 0 Å². The number of likely N-dealkylation sites (tertiary alicyclic amines) is 1. The highest BCUT2D eigenvalue weighted by Crippen LogP contribution is 2.16. The van der Waals surface area contributed by atoms with E-state index >= 15 is 0 Å². The van der Waals surface area contributed by atoms with Crippen LogP contribution in [0.15, 0.2) is 28.9 Å². The van der Waals surface area contributed by atoms with Crippen LogP contribution in [0.1, 0.15) is 32.1 Å². The molecule has 0 aromatic rings. The van der Waals surface area contributed by atoms with Gasteiger partial charge in [0, 0.05) is 38.6 Å². The van der Waals surface area contributed by atoms with Gasteiger partial charge in [-0.25, -0.2) is 9.79 Å². The van der Waals surface area contributed by atoms with Gasteiger partial charge in [0.15, 0.2) is 6.04 Å². The highest BCUT2D eigenvalue weighted by atomic mass is 16.2. The second-order valence-corrected chi connectivity index (χ2v) is 6.12. The number of piperidine rings is 1. The van der Waals surface area contributed by atoms with Gasteiger partial charge in [-0.3, -0.25) is 14.9 Å². The number of carbonyl (C=O) groups is 3. The van der Waals surface area contributed by atoms with E-state index in [2.05, 4.69) is 38.4 Å². The van der Waals surface area contributed by atoms with E-state index in [-0.39, 0.29) is 0 Å². The molecule has 2 N–H and O–H groups in total. The molecular weight excluding hydrogens is 320 g/mol. The number of amides is 3. The molecule has 3 aliphatic rings. The second-order valence-electron chi connectivity index (χ2n) is 6.12. The summed E-state index contributed by atoms with van der Waals surface area (Å²) in [4.78, 5) is 40.4. The lowest BCUT2D eigenvalue weighted by Gasteiger charge is -2.27. The number of imide groups is 1. The number of nitrogens with zero attached hydrogens (tertiary/aromatic N) is 2. The van der Waals surface area contributed by atoms with Crippen molar-refractivity contribution >= 4 is 23.6 Å². The number of hydrogen-bond donors (Lipinski definition) is 2. The molecule has 2 fully saturated rings. The fourth-order valence-electron chi connectivity index (χ4n) is 2.82. The monoisotopic (exact) mass is 340 g/mol. The van der Waals surface area contributed by atoms with E-state index in [4.69, 9.17) is 0 Å². The van der Waals surface area contributed by atoms with Gasteiger partial charge in [-0.15, -0.1) is 5.92 Å². The lowest BCUT2D eigenvalue weighted by atomic mass is 10.1. The largest absolute Gasteiger partial charge is 0.356 e. The summed E-state index contributed by atoms with van der Waals surface area (Å²) in [6.07, 6.45) is 9.29. The zero-order valence-corrected chi connectivity index (χ0v) is 13.9. The minimum Gasteiger partial charge on any atom is -0.356 e. The predicted octanol–water partition coefficient (Wildman–Crippen LogP) is 0.885. The van der Waals surface area contributed by atoms with Crippen molar-refractivity contribution in [1.29, 1.82) is 0 Å². The number of nitrogens with one attached hydrogen (secondary N) is 2. The fraction of sp³-hybridized carbons (Fsp3) is 0.444. The summed E-state index contributed by atoms with van der Waals surface area (Å²) in [6, 6.07) is -1.25. The van der Waals surface area contributed by atoms with Gasteiger partial charge in [0.2, 0.25) is 0 Å². The predicted molar refractivity (Wildman–Crippen MR) is 92.6 cm³/mol. The first kappa shape index (κ1) is 17.0. The van der Waals surface area contributed by atoms with Gasteiger partial charge in [-0.2, -0.15) is 0 Å². The first-order valence-electron chi connectivity index (χ1n) is 8.40. The summed E-state index contributed by atoms with van der Waals surface area (Å²) in [5.41, 5.74) is 1.16. The Morgan fingerprint density at radius 3 is 2.76 bits per heavy atom. The third-order valence-electron chi connectivity index (χ3n) is 4.26. The molecule has 1 unspecified atom stereocenters. The van der Waals surface area contributed by atoms with Gasteiger partial charge in [-0.1, -0.05) is 12.0 Å². The van der Waals surface area contributed by atoms with E-state index in [1.54, 1.807) is 0 Å². The molecule has 7 nitrogen and oxygen atoms in total. The van der Waals surface area contributed by atoms with Crippen LogP contribution in [0.5, 0.6) is 0 Å². The molecule has 3 aliphatic heterocycles. The Bertz CT molecular complexity index is 729. The average Bonchev–Trinajstić information content (AvgIpc) is 2.79. The molecule has 0 aromatic heterocycles. The Labute approximate surface area is 146 Å². The summed E-state index contributed by atoms with van der Waals surface area (Å²) in [5, 5.41) is 4.60. The van der Waals surface area contributed by atoms with Gasteiger partial charge in [0.1, 0.15) is 11.6 Å². The van der Waals surface area contributed by atoms with Crippen LogP contribution in [0, 0.1) is 11.8 Å². The number of aliphatic imine (C=N–C) groups is 1. The lowest BCUT2D eigenvalue weighted by Crippen LogP contribution is -2.37. The maximum absolute atomic E-state index is 11.4. The topological polar surface area (TPSA) is 90.9 Å². The van der Waals surface area contributed by atoms with Crippen LogP contribution >= 0.6 is 0 Å². The maximum atomic E-state index is 11.4. The summed E-state index contributed by atoms with van der Waals surface area (Å²) >= 11 is 0. The van der Waals surface area contributed by atoms with Gasteiger partial charge < -0.3 is 10.2 Å². The van der Waals surface area contributed by atoms with Crippen LogP contribution in [-0.4, -0.2) is 47.6 Å². The second kappa shape index (κ2) is 7.79. The van der Waals surface area contributed by atoms with E-state index in [0.717, 1.165) is 37.3 Å². The molecule has 0 aliphatic carbocycles. The zero-order valence-electron chi connectivity index (χ0n) is 13.9. The van der Waals surface area contributed by atoms with Crippen molar-refractivity contribution in [1.82, 2.24) is 15.5 Å². The Hall–Kier alpha value is -2.88. The molecule has 2 saturated heterocycles. The van der Waals surface area contributed by atoms with Crippen molar-refractivity contribution in [3.8, 4) is 11.8 Å². The molecule has 130 valence electrons. The number of rotatable bonds is 2. The van der Waals surface area contributed by atoms with Crippen molar-refractivity contribution < 1.29 is 14.4 Å². The van der Waals surface area contributed by atoms with E-state index < -0.39 is 18.0 Å². The highest BCUT2D eigenvalue weighted by Gasteiger charge is 2.27. The number of urea groups is 1. The molecule has 7 heteroatoms. The van der Waals surface area contributed by atoms with Crippen molar-refractivity contribution in [2.24, 2.45) is 4.99 Å². The molecule has 3 heterocycles. The summed E-state index contributed by atoms with van der Waals surface area (Å²) < 4.78 is 0. The van der Waals surface area contributed by atoms with Crippen molar-refractivity contribution in [3.05, 3.63) is 23.9 Å². The van der Waals surface area contributed by atoms with E-state index in [1.807, 2.05) is 12.3 Å². The van der Waals surface area contributed by atoms with Crippen molar-refractivity contribution in [2.75, 3.05) is 13.1 Å². The molecule has 3 amide bonds. The number of amidine groups is 1. The summed E-state index contributed by atoms with van der Waals surface area (Å²) in [5.74, 6) is 6.52. The Kier molecular flexibility index (Phi) is 5.29. The minimum absolute atomic E-state index is 0.316. The zero-order chi connectivity index (χ0) is 17.6. The van der Waals surface area contributed by atoms with Crippen LogP contribution in [0.4, 0.5) is 4.79 Å². The minimum atomic E-state index is -0.748. The number of Topliss-reactive ketones (excluding diaryl/α,β-unsaturated/α-hetero) is 1. The third kappa shape index (κ3) is 4.57. The van der Waals surface area contributed by atoms with Gasteiger partial charge in [0.25, 0.3) is 5.91 Å². The van der Waals surface area contributed by atoms with Gasteiger partial charge >= 0.3 is 6.03 Å². The van der Waals surface area contributed by atoms with Crippen LogP contribution in [0.3, 0.4) is 0 Å². The first-order chi connectivity index (χ1) is 12.1. The molecule has 0 spiro atoms. The van der Waals surface area contributed by atoms with Gasteiger partial charge in [-0.05, 0) is 24.5 Å². The molecule has 0 saturated carbocycles. The molecule has 0 bridgehead atoms. The van der Waals surface area contributed by atoms with E-state index in [0.29, 0.717) is 25.0 Å². The molecular formula is C18H20N4O3. The number of hydrogen-bond acceptors (Lipinski definition) is 5. The molecule has 0 radical (unpaired) electrons. The lowest BCUT2D eigenvalue weighted by molar-refractivity contribution is -0.121. The van der Waals surface area contributed by atoms with Crippen molar-refractivity contribution in [3.63, 3.8) is 0 Å². The summed E-state index contributed by atoms with van der Waals surface area (Å²) in [6.45, 7) is 1.46. The normalized spacial score (nSPS) is 23.1. The standard InChI is InChI=1S/C18H20N4O3/c23-14-8-10-22(11-9-14)16-7-3-5-13(12-19-16)4-1-2-6-15-17(24)21-18(25)20-15/h3,7,12,15H,1,4-5,8-11H2,(H2,20,21,24,25). The molecule has 0 aromatic carbocycles. The SMILES string of the molecule is O=C1CCN(C2=NC=C(CCC#CC3NC(=O)NC3=O)CC=C2)CC1. The third-order valence-corrected chi connectivity index (χ3v) is 4.26. The first-order valence-corrected chi connectivity index (χ1v) is 8.40. The molecule has 1 atom stereocenters. The Morgan fingerprint density at radius 2 is 2.04 bits per heavy atom. The Balaban J connectivity index is 1.52. The molecule has 3 rings (SSSR count). The van der Waals surface area contributed by atoms with E-state index in [1.165, 1.54) is 0 Å². The number of ketones is 1. The smallest absolute Gasteiger partial charge is 0.322 e. The van der Waals surface area contributed by atoms with Crippen LogP contribution in [-0.2, 0) is 9.59 Å². The average molecular weight is 340 g/mol. The quantitative estimate of drug-likeness (QED) is 0.577. The van der Waals surface area contributed by atoms with Crippen LogP contribution in [0.2, 0.25) is 0 Å². The number of allylic oxidation sites excluding steroid dienone is 2. The van der Waals surface area contributed by atoms with Crippen LogP contribution < -0.4 is 10.6 Å². The summed E-state index contributed by atoms with van der Waals surface area (Å²) in [7, 11) is 0. The highest BCUT2D eigenvalue weighted by molar-refractivity contribution is 6.05. The maximum Gasteiger partial charge on any atom is 0.322 e. The number of carbonyl (C=O) groups excluding carboxylic acids is 3. The Morgan fingerprint density at radius 1 is 1.24 bits per heavy atom. The molecule has 25 heavy (non-hydrogen) atoms.